The van der Waals surface area contributed by atoms with Gasteiger partial charge in [-0.1, -0.05) is 6.92 Å². The molecule has 2 aliphatic heterocycles. The summed E-state index contributed by atoms with van der Waals surface area (Å²) in [5.41, 5.74) is 0. The van der Waals surface area contributed by atoms with Gasteiger partial charge in [0, 0.05) is 12.1 Å². The number of hydrogen-bond donors (Lipinski definition) is 1. The fourth-order valence-corrected chi connectivity index (χ4v) is 3.42. The molecule has 2 nitrogen and oxygen atoms in total. The summed E-state index contributed by atoms with van der Waals surface area (Å²) in [4.78, 5) is 2.72. The van der Waals surface area contributed by atoms with Gasteiger partial charge in [0.05, 0.1) is 0 Å². The monoisotopic (exact) mass is 196 g/mol. The highest BCUT2D eigenvalue weighted by atomic mass is 15.2. The van der Waals surface area contributed by atoms with Gasteiger partial charge in [-0.05, 0) is 58.2 Å². The van der Waals surface area contributed by atoms with Crippen molar-refractivity contribution in [1.82, 2.24) is 10.2 Å². The van der Waals surface area contributed by atoms with E-state index in [1.54, 1.807) is 0 Å². The Bertz CT molecular complexity index is 189. The van der Waals surface area contributed by atoms with Crippen LogP contribution >= 0.6 is 0 Å². The van der Waals surface area contributed by atoms with Crippen molar-refractivity contribution >= 4 is 0 Å². The fraction of sp³-hybridized carbons (Fsp3) is 1.00. The molecule has 0 aliphatic carbocycles. The van der Waals surface area contributed by atoms with E-state index in [0.717, 1.165) is 23.9 Å². The summed E-state index contributed by atoms with van der Waals surface area (Å²) in [5.74, 6) is 1.89. The minimum Gasteiger partial charge on any atom is -0.316 e. The topological polar surface area (TPSA) is 15.3 Å². The molecule has 2 rings (SSSR count). The highest BCUT2D eigenvalue weighted by molar-refractivity contribution is 4.95. The lowest BCUT2D eigenvalue weighted by Gasteiger charge is -2.44. The average Bonchev–Trinajstić information content (AvgIpc) is 2.63. The van der Waals surface area contributed by atoms with E-state index in [9.17, 15) is 0 Å². The molecular formula is C12H24N2. The second-order valence-corrected chi connectivity index (χ2v) is 5.18. The molecule has 1 N–H and O–H groups in total. The van der Waals surface area contributed by atoms with Gasteiger partial charge in [0.2, 0.25) is 0 Å². The lowest BCUT2D eigenvalue weighted by Crippen LogP contribution is -2.51. The molecule has 0 aromatic rings. The highest BCUT2D eigenvalue weighted by Gasteiger charge is 2.40. The van der Waals surface area contributed by atoms with Gasteiger partial charge in [0.1, 0.15) is 0 Å². The van der Waals surface area contributed by atoms with Gasteiger partial charge in [-0.25, -0.2) is 0 Å². The highest BCUT2D eigenvalue weighted by Crippen LogP contribution is 2.34. The van der Waals surface area contributed by atoms with Crippen molar-refractivity contribution in [3.8, 4) is 0 Å². The summed E-state index contributed by atoms with van der Waals surface area (Å²) in [7, 11) is 0. The SMILES string of the molecule is CCC1C2CNCC2CCN1C(C)C. The number of nitrogens with one attached hydrogen (secondary N) is 1. The third kappa shape index (κ3) is 1.70. The summed E-state index contributed by atoms with van der Waals surface area (Å²) >= 11 is 0. The predicted octanol–water partition coefficient (Wildman–Crippen LogP) is 1.71. The van der Waals surface area contributed by atoms with Crippen molar-refractivity contribution in [2.75, 3.05) is 19.6 Å². The van der Waals surface area contributed by atoms with Crippen molar-refractivity contribution in [1.29, 1.82) is 0 Å². The van der Waals surface area contributed by atoms with Crippen molar-refractivity contribution in [2.45, 2.75) is 45.7 Å². The molecule has 0 aromatic heterocycles. The minimum atomic E-state index is 0.724. The Morgan fingerprint density at radius 3 is 2.79 bits per heavy atom. The zero-order valence-electron chi connectivity index (χ0n) is 9.79. The zero-order valence-corrected chi connectivity index (χ0v) is 9.79. The summed E-state index contributed by atoms with van der Waals surface area (Å²) in [5, 5.41) is 3.56. The third-order valence-corrected chi connectivity index (χ3v) is 4.15. The Hall–Kier alpha value is -0.0800. The molecule has 3 unspecified atom stereocenters. The first-order valence-electron chi connectivity index (χ1n) is 6.20. The lowest BCUT2D eigenvalue weighted by molar-refractivity contribution is 0.0446. The van der Waals surface area contributed by atoms with E-state index < -0.39 is 0 Å². The van der Waals surface area contributed by atoms with Crippen LogP contribution in [0.2, 0.25) is 0 Å². The lowest BCUT2D eigenvalue weighted by atomic mass is 9.80. The van der Waals surface area contributed by atoms with Crippen molar-refractivity contribution < 1.29 is 0 Å². The van der Waals surface area contributed by atoms with Crippen LogP contribution in [-0.4, -0.2) is 36.6 Å². The molecule has 0 bridgehead atoms. The molecule has 2 aliphatic rings. The molecule has 0 amide bonds. The van der Waals surface area contributed by atoms with Crippen molar-refractivity contribution in [3.05, 3.63) is 0 Å². The van der Waals surface area contributed by atoms with Crippen molar-refractivity contribution in [3.63, 3.8) is 0 Å². The Kier molecular flexibility index (Phi) is 3.13. The van der Waals surface area contributed by atoms with Crippen LogP contribution in [0.4, 0.5) is 0 Å². The van der Waals surface area contributed by atoms with Gasteiger partial charge >= 0.3 is 0 Å². The first kappa shape index (κ1) is 10.4. The fourth-order valence-electron chi connectivity index (χ4n) is 3.42. The molecule has 2 saturated heterocycles. The van der Waals surface area contributed by atoms with E-state index in [1.165, 1.54) is 32.5 Å². The molecular weight excluding hydrogens is 172 g/mol. The van der Waals surface area contributed by atoms with Gasteiger partial charge in [-0.3, -0.25) is 4.90 Å². The van der Waals surface area contributed by atoms with E-state index in [4.69, 9.17) is 0 Å². The number of hydrogen-bond acceptors (Lipinski definition) is 2. The molecule has 0 aromatic carbocycles. The summed E-state index contributed by atoms with van der Waals surface area (Å²) in [6.07, 6.45) is 2.73. The van der Waals surface area contributed by atoms with Crippen LogP contribution < -0.4 is 5.32 Å². The van der Waals surface area contributed by atoms with E-state index >= 15 is 0 Å². The number of rotatable bonds is 2. The number of nitrogens with zero attached hydrogens (tertiary/aromatic N) is 1. The maximum atomic E-state index is 3.56. The van der Waals surface area contributed by atoms with Gasteiger partial charge < -0.3 is 5.32 Å². The summed E-state index contributed by atoms with van der Waals surface area (Å²) in [6, 6.07) is 1.56. The molecule has 14 heavy (non-hydrogen) atoms. The van der Waals surface area contributed by atoms with Crippen LogP contribution in [0.5, 0.6) is 0 Å². The number of likely N-dealkylation sites (tertiary alicyclic amines) is 1. The van der Waals surface area contributed by atoms with Crippen molar-refractivity contribution in [2.24, 2.45) is 11.8 Å². The second kappa shape index (κ2) is 4.19. The summed E-state index contributed by atoms with van der Waals surface area (Å²) in [6.45, 7) is 10.9. The first-order valence-corrected chi connectivity index (χ1v) is 6.20. The Morgan fingerprint density at radius 1 is 1.36 bits per heavy atom. The molecule has 82 valence electrons. The molecule has 3 atom stereocenters. The predicted molar refractivity (Wildman–Crippen MR) is 60.4 cm³/mol. The van der Waals surface area contributed by atoms with Crippen LogP contribution in [0.3, 0.4) is 0 Å². The zero-order chi connectivity index (χ0) is 10.1. The van der Waals surface area contributed by atoms with Crippen LogP contribution in [0.1, 0.15) is 33.6 Å². The van der Waals surface area contributed by atoms with Crippen LogP contribution in [0, 0.1) is 11.8 Å². The molecule has 0 saturated carbocycles. The normalized spacial score (nSPS) is 39.0. The maximum absolute atomic E-state index is 3.56. The molecule has 2 fully saturated rings. The Labute approximate surface area is 88.1 Å². The van der Waals surface area contributed by atoms with E-state index in [1.807, 2.05) is 0 Å². The first-order chi connectivity index (χ1) is 6.74. The largest absolute Gasteiger partial charge is 0.316 e. The van der Waals surface area contributed by atoms with Crippen LogP contribution in [0.15, 0.2) is 0 Å². The Morgan fingerprint density at radius 2 is 2.14 bits per heavy atom. The van der Waals surface area contributed by atoms with Crippen LogP contribution in [-0.2, 0) is 0 Å². The van der Waals surface area contributed by atoms with Gasteiger partial charge in [-0.15, -0.1) is 0 Å². The minimum absolute atomic E-state index is 0.724. The molecule has 2 heteroatoms. The van der Waals surface area contributed by atoms with Gasteiger partial charge in [-0.2, -0.15) is 0 Å². The van der Waals surface area contributed by atoms with Gasteiger partial charge in [0.15, 0.2) is 0 Å². The van der Waals surface area contributed by atoms with Crippen LogP contribution in [0.25, 0.3) is 0 Å². The van der Waals surface area contributed by atoms with E-state index in [0.29, 0.717) is 0 Å². The van der Waals surface area contributed by atoms with Gasteiger partial charge in [0.25, 0.3) is 0 Å². The third-order valence-electron chi connectivity index (χ3n) is 4.15. The molecule has 0 spiro atoms. The van der Waals surface area contributed by atoms with E-state index in [-0.39, 0.29) is 0 Å². The average molecular weight is 196 g/mol. The maximum Gasteiger partial charge on any atom is 0.0139 e. The number of fused-ring (bicyclic) bond motifs is 1. The molecule has 0 radical (unpaired) electrons. The smallest absolute Gasteiger partial charge is 0.0139 e. The standard InChI is InChI=1S/C12H24N2/c1-4-12-11-8-13-7-10(11)5-6-14(12)9(2)3/h9-13H,4-8H2,1-3H3. The molecule has 2 heterocycles. The van der Waals surface area contributed by atoms with E-state index in [2.05, 4.69) is 31.0 Å². The second-order valence-electron chi connectivity index (χ2n) is 5.18. The quantitative estimate of drug-likeness (QED) is 0.723. The number of piperidine rings is 1. The summed E-state index contributed by atoms with van der Waals surface area (Å²) < 4.78 is 0. The Balaban J connectivity index is 2.08.